The maximum Gasteiger partial charge on any atom is 0.266 e. The number of amides is 2. The molecule has 2 aliphatic rings. The fourth-order valence-corrected chi connectivity index (χ4v) is 3.42. The normalized spacial score (nSPS) is 19.8. The number of carbonyl (C=O) groups excluding carboxylic acids is 2. The molecule has 0 spiro atoms. The zero-order valence-corrected chi connectivity index (χ0v) is 15.0. The van der Waals surface area contributed by atoms with Gasteiger partial charge in [-0.15, -0.1) is 0 Å². The number of carbonyl (C=O) groups is 2. The number of hydrogen-bond acceptors (Lipinski definition) is 5. The summed E-state index contributed by atoms with van der Waals surface area (Å²) in [6.45, 7) is 3.81. The van der Waals surface area contributed by atoms with E-state index in [0.717, 1.165) is 19.6 Å². The Kier molecular flexibility index (Phi) is 5.02. The summed E-state index contributed by atoms with van der Waals surface area (Å²) in [7, 11) is 0. The molecule has 0 radical (unpaired) electrons. The van der Waals surface area contributed by atoms with Gasteiger partial charge in [0.05, 0.1) is 12.1 Å². The lowest BCUT2D eigenvalue weighted by atomic mass is 10.1. The van der Waals surface area contributed by atoms with Crippen LogP contribution in [0.3, 0.4) is 0 Å². The summed E-state index contributed by atoms with van der Waals surface area (Å²) in [5.74, 6) is 0.300. The van der Waals surface area contributed by atoms with Crippen LogP contribution in [-0.4, -0.2) is 58.9 Å². The quantitative estimate of drug-likeness (QED) is 0.888. The van der Waals surface area contributed by atoms with E-state index in [1.165, 1.54) is 5.56 Å². The SMILES string of the molecule is O=C1Nc2ccccc2O[C@@H]1CC(=O)N1CCN(Cc2ccncc2)CC1. The summed E-state index contributed by atoms with van der Waals surface area (Å²) in [6, 6.07) is 11.3. The first kappa shape index (κ1) is 17.5. The Balaban J connectivity index is 1.29. The van der Waals surface area contributed by atoms with Crippen LogP contribution < -0.4 is 10.1 Å². The van der Waals surface area contributed by atoms with Crippen molar-refractivity contribution in [2.45, 2.75) is 19.1 Å². The lowest BCUT2D eigenvalue weighted by molar-refractivity contribution is -0.138. The highest BCUT2D eigenvalue weighted by atomic mass is 16.5. The lowest BCUT2D eigenvalue weighted by Gasteiger charge is -2.35. The monoisotopic (exact) mass is 366 g/mol. The molecule has 7 nitrogen and oxygen atoms in total. The second kappa shape index (κ2) is 7.75. The molecular formula is C20H22N4O3. The van der Waals surface area contributed by atoms with Crippen molar-refractivity contribution in [2.75, 3.05) is 31.5 Å². The van der Waals surface area contributed by atoms with E-state index in [9.17, 15) is 9.59 Å². The number of para-hydroxylation sites is 2. The van der Waals surface area contributed by atoms with Gasteiger partial charge in [-0.05, 0) is 29.8 Å². The summed E-state index contributed by atoms with van der Waals surface area (Å²) in [4.78, 5) is 33.0. The second-order valence-electron chi connectivity index (χ2n) is 6.81. The molecule has 2 amide bonds. The number of anilines is 1. The van der Waals surface area contributed by atoms with Gasteiger partial charge in [-0.2, -0.15) is 0 Å². The second-order valence-corrected chi connectivity index (χ2v) is 6.81. The van der Waals surface area contributed by atoms with Crippen molar-refractivity contribution in [2.24, 2.45) is 0 Å². The molecule has 1 saturated heterocycles. The summed E-state index contributed by atoms with van der Waals surface area (Å²) < 4.78 is 5.73. The maximum absolute atomic E-state index is 12.6. The zero-order valence-electron chi connectivity index (χ0n) is 15.0. The molecule has 3 heterocycles. The van der Waals surface area contributed by atoms with Crippen molar-refractivity contribution >= 4 is 17.5 Å². The van der Waals surface area contributed by atoms with Crippen molar-refractivity contribution in [1.82, 2.24) is 14.8 Å². The number of piperazine rings is 1. The molecule has 1 fully saturated rings. The first-order valence-electron chi connectivity index (χ1n) is 9.14. The highest BCUT2D eigenvalue weighted by molar-refractivity contribution is 5.99. The Labute approximate surface area is 157 Å². The molecule has 1 atom stereocenters. The first-order chi connectivity index (χ1) is 13.2. The summed E-state index contributed by atoms with van der Waals surface area (Å²) in [6.07, 6.45) is 2.87. The fraction of sp³-hybridized carbons (Fsp3) is 0.350. The Morgan fingerprint density at radius 2 is 1.85 bits per heavy atom. The van der Waals surface area contributed by atoms with Gasteiger partial charge in [0.2, 0.25) is 5.91 Å². The van der Waals surface area contributed by atoms with Crippen molar-refractivity contribution in [1.29, 1.82) is 0 Å². The molecule has 1 N–H and O–H groups in total. The minimum Gasteiger partial charge on any atom is -0.478 e. The van der Waals surface area contributed by atoms with Crippen molar-refractivity contribution in [3.8, 4) is 5.75 Å². The highest BCUT2D eigenvalue weighted by Crippen LogP contribution is 2.29. The van der Waals surface area contributed by atoms with Crippen LogP contribution in [0.2, 0.25) is 0 Å². The van der Waals surface area contributed by atoms with Crippen molar-refractivity contribution < 1.29 is 14.3 Å². The third-order valence-corrected chi connectivity index (χ3v) is 4.95. The topological polar surface area (TPSA) is 74.8 Å². The van der Waals surface area contributed by atoms with Crippen molar-refractivity contribution in [3.05, 3.63) is 54.4 Å². The number of rotatable bonds is 4. The van der Waals surface area contributed by atoms with E-state index in [1.54, 1.807) is 24.5 Å². The minimum absolute atomic E-state index is 0.0434. The van der Waals surface area contributed by atoms with E-state index < -0.39 is 6.10 Å². The van der Waals surface area contributed by atoms with Gasteiger partial charge in [-0.1, -0.05) is 12.1 Å². The van der Waals surface area contributed by atoms with Gasteiger partial charge in [0.1, 0.15) is 5.75 Å². The Morgan fingerprint density at radius 1 is 1.11 bits per heavy atom. The Morgan fingerprint density at radius 3 is 2.63 bits per heavy atom. The number of fused-ring (bicyclic) bond motifs is 1. The summed E-state index contributed by atoms with van der Waals surface area (Å²) >= 11 is 0. The Hall–Kier alpha value is -2.93. The van der Waals surface area contributed by atoms with E-state index in [-0.39, 0.29) is 18.2 Å². The first-order valence-corrected chi connectivity index (χ1v) is 9.14. The zero-order chi connectivity index (χ0) is 18.6. The van der Waals surface area contributed by atoms with E-state index in [2.05, 4.69) is 15.2 Å². The summed E-state index contributed by atoms with van der Waals surface area (Å²) in [5.41, 5.74) is 1.87. The fourth-order valence-electron chi connectivity index (χ4n) is 3.42. The minimum atomic E-state index is -0.776. The van der Waals surface area contributed by atoms with Gasteiger partial charge in [-0.25, -0.2) is 0 Å². The van der Waals surface area contributed by atoms with Crippen LogP contribution in [-0.2, 0) is 16.1 Å². The number of nitrogens with one attached hydrogen (secondary N) is 1. The van der Waals surface area contributed by atoms with E-state index >= 15 is 0 Å². The molecule has 0 bridgehead atoms. The standard InChI is InChI=1S/C20H22N4O3/c25-19(13-18-20(26)22-16-3-1-2-4-17(16)27-18)24-11-9-23(10-12-24)14-15-5-7-21-8-6-15/h1-8,18H,9-14H2,(H,22,26)/t18-/m1/s1. The molecule has 0 saturated carbocycles. The van der Waals surface area contributed by atoms with Crippen LogP contribution in [0.5, 0.6) is 5.75 Å². The van der Waals surface area contributed by atoms with Crippen LogP contribution in [0.1, 0.15) is 12.0 Å². The van der Waals surface area contributed by atoms with Gasteiger partial charge < -0.3 is 15.0 Å². The number of hydrogen-bond donors (Lipinski definition) is 1. The number of nitrogens with zero attached hydrogens (tertiary/aromatic N) is 3. The molecule has 0 aliphatic carbocycles. The van der Waals surface area contributed by atoms with Gasteiger partial charge in [0.15, 0.2) is 6.10 Å². The average molecular weight is 366 g/mol. The Bertz CT molecular complexity index is 819. The van der Waals surface area contributed by atoms with E-state index in [1.807, 2.05) is 29.2 Å². The van der Waals surface area contributed by atoms with Crippen LogP contribution in [0.4, 0.5) is 5.69 Å². The molecule has 2 aliphatic heterocycles. The molecule has 140 valence electrons. The molecule has 2 aromatic rings. The summed E-state index contributed by atoms with van der Waals surface area (Å²) in [5, 5.41) is 2.80. The van der Waals surface area contributed by atoms with E-state index in [0.29, 0.717) is 24.5 Å². The smallest absolute Gasteiger partial charge is 0.266 e. The van der Waals surface area contributed by atoms with Gasteiger partial charge in [0, 0.05) is 45.1 Å². The number of ether oxygens (including phenoxy) is 1. The molecule has 1 aromatic heterocycles. The number of pyridine rings is 1. The molecular weight excluding hydrogens is 344 g/mol. The van der Waals surface area contributed by atoms with Crippen LogP contribution in [0, 0.1) is 0 Å². The third-order valence-electron chi connectivity index (χ3n) is 4.95. The molecule has 4 rings (SSSR count). The molecule has 27 heavy (non-hydrogen) atoms. The average Bonchev–Trinajstić information content (AvgIpc) is 2.70. The number of aromatic nitrogens is 1. The van der Waals surface area contributed by atoms with Gasteiger partial charge >= 0.3 is 0 Å². The third kappa shape index (κ3) is 4.09. The largest absolute Gasteiger partial charge is 0.478 e. The van der Waals surface area contributed by atoms with Crippen LogP contribution in [0.15, 0.2) is 48.8 Å². The molecule has 0 unspecified atom stereocenters. The molecule has 7 heteroatoms. The van der Waals surface area contributed by atoms with Crippen LogP contribution >= 0.6 is 0 Å². The van der Waals surface area contributed by atoms with Gasteiger partial charge in [0.25, 0.3) is 5.91 Å². The predicted molar refractivity (Wildman–Crippen MR) is 100 cm³/mol. The van der Waals surface area contributed by atoms with Crippen LogP contribution in [0.25, 0.3) is 0 Å². The predicted octanol–water partition coefficient (Wildman–Crippen LogP) is 1.52. The van der Waals surface area contributed by atoms with Crippen molar-refractivity contribution in [3.63, 3.8) is 0 Å². The lowest BCUT2D eigenvalue weighted by Crippen LogP contribution is -2.50. The van der Waals surface area contributed by atoms with Gasteiger partial charge in [-0.3, -0.25) is 19.5 Å². The maximum atomic E-state index is 12.6. The molecule has 1 aromatic carbocycles. The highest BCUT2D eigenvalue weighted by Gasteiger charge is 2.32. The number of benzene rings is 1. The van der Waals surface area contributed by atoms with E-state index in [4.69, 9.17) is 4.74 Å².